The van der Waals surface area contributed by atoms with Gasteiger partial charge in [0.05, 0.1) is 40.1 Å². The molecule has 0 atom stereocenters. The minimum absolute atomic E-state index is 0.0609. The predicted molar refractivity (Wildman–Crippen MR) is 253 cm³/mol. The smallest absolute Gasteiger partial charge is 0.417 e. The van der Waals surface area contributed by atoms with Gasteiger partial charge in [-0.15, -0.1) is 0 Å². The number of ether oxygens (including phenoxy) is 2. The van der Waals surface area contributed by atoms with Crippen molar-refractivity contribution in [2.45, 2.75) is 25.9 Å². The SMILES string of the molecule is Cc1cc(N=C=O)ccc1Cl.Cn1cc(-c2cc(Oc3ccc(CC(=O)Cc4ccc(Cl)c(C(F)(F)F)c4)cc3)c(Cl)cn2)cn1.Cn1cc(-c2cc(Oc3ccc(N)cc3)c(Cl)cn2)cn1. The van der Waals surface area contributed by atoms with Crippen LogP contribution < -0.4 is 15.2 Å². The molecule has 0 radical (unpaired) electrons. The molecule has 0 aliphatic heterocycles. The molecule has 67 heavy (non-hydrogen) atoms. The van der Waals surface area contributed by atoms with E-state index < -0.39 is 16.8 Å². The monoisotopic (exact) mass is 986 g/mol. The van der Waals surface area contributed by atoms with Crippen LogP contribution in [0.25, 0.3) is 22.5 Å². The molecule has 0 bridgehead atoms. The summed E-state index contributed by atoms with van der Waals surface area (Å²) in [6.07, 6.45) is 6.98. The molecule has 4 aromatic heterocycles. The molecular weight excluding hydrogens is 951 g/mol. The van der Waals surface area contributed by atoms with Crippen LogP contribution in [-0.2, 0) is 42.7 Å². The number of alkyl halides is 3. The molecule has 4 heterocycles. The molecule has 2 N–H and O–H groups in total. The summed E-state index contributed by atoms with van der Waals surface area (Å²) >= 11 is 23.7. The first-order chi connectivity index (χ1) is 31.9. The van der Waals surface area contributed by atoms with E-state index in [1.54, 1.807) is 114 Å². The Morgan fingerprint density at radius 3 is 1.64 bits per heavy atom. The van der Waals surface area contributed by atoms with Gasteiger partial charge in [-0.1, -0.05) is 64.6 Å². The minimum Gasteiger partial charge on any atom is -0.456 e. The van der Waals surface area contributed by atoms with Crippen LogP contribution in [0.2, 0.25) is 20.1 Å². The largest absolute Gasteiger partial charge is 0.456 e. The second kappa shape index (κ2) is 22.5. The van der Waals surface area contributed by atoms with Crippen LogP contribution >= 0.6 is 46.4 Å². The number of nitrogen functional groups attached to an aromatic ring is 1. The summed E-state index contributed by atoms with van der Waals surface area (Å²) < 4.78 is 54.2. The predicted octanol–water partition coefficient (Wildman–Crippen LogP) is 13.1. The van der Waals surface area contributed by atoms with Crippen molar-refractivity contribution < 1.29 is 32.2 Å². The van der Waals surface area contributed by atoms with Gasteiger partial charge >= 0.3 is 6.18 Å². The van der Waals surface area contributed by atoms with E-state index in [-0.39, 0.29) is 24.2 Å². The van der Waals surface area contributed by atoms with Gasteiger partial charge in [-0.2, -0.15) is 28.4 Å². The molecule has 0 fully saturated rings. The summed E-state index contributed by atoms with van der Waals surface area (Å²) in [6.45, 7) is 1.85. The number of anilines is 1. The van der Waals surface area contributed by atoms with Gasteiger partial charge in [-0.25, -0.2) is 4.79 Å². The number of nitrogens with zero attached hydrogens (tertiary/aromatic N) is 7. The number of Topliss-reactive ketones (excluding diaryl/α,β-unsaturated/α-hetero) is 1. The van der Waals surface area contributed by atoms with Crippen molar-refractivity contribution in [3.8, 4) is 45.5 Å². The fourth-order valence-corrected chi connectivity index (χ4v) is 6.68. The highest BCUT2D eigenvalue weighted by Crippen LogP contribution is 2.36. The zero-order valence-corrected chi connectivity index (χ0v) is 38.6. The number of aliphatic imine (C=N–C) groups is 1. The Kier molecular flexibility index (Phi) is 16.6. The second-order valence-corrected chi connectivity index (χ2v) is 16.2. The molecule has 19 heteroatoms. The van der Waals surface area contributed by atoms with Crippen LogP contribution in [0.5, 0.6) is 23.0 Å². The van der Waals surface area contributed by atoms with E-state index in [9.17, 15) is 22.8 Å². The van der Waals surface area contributed by atoms with Crippen LogP contribution in [0.3, 0.4) is 0 Å². The summed E-state index contributed by atoms with van der Waals surface area (Å²) in [5.41, 5.74) is 10.9. The molecule has 0 saturated heterocycles. The fourth-order valence-electron chi connectivity index (χ4n) is 6.05. The summed E-state index contributed by atoms with van der Waals surface area (Å²) in [6, 6.07) is 26.0. The average Bonchev–Trinajstić information content (AvgIpc) is 3.94. The van der Waals surface area contributed by atoms with E-state index in [1.807, 2.05) is 26.4 Å². The summed E-state index contributed by atoms with van der Waals surface area (Å²) in [5.74, 6) is 1.88. The molecule has 4 aromatic carbocycles. The highest BCUT2D eigenvalue weighted by atomic mass is 35.5. The maximum Gasteiger partial charge on any atom is 0.417 e. The first kappa shape index (κ1) is 49.4. The lowest BCUT2D eigenvalue weighted by Crippen LogP contribution is -2.10. The number of aromatic nitrogens is 6. The number of nitrogens with two attached hydrogens (primary N) is 1. The van der Waals surface area contributed by atoms with Gasteiger partial charge < -0.3 is 15.2 Å². The molecular formula is C48H37Cl4F3N8O4. The number of hydrogen-bond acceptors (Lipinski definition) is 10. The number of carbonyl (C=O) groups excluding carboxylic acids is 2. The molecule has 342 valence electrons. The van der Waals surface area contributed by atoms with E-state index in [2.05, 4.69) is 25.2 Å². The van der Waals surface area contributed by atoms with E-state index in [1.165, 1.54) is 18.3 Å². The molecule has 12 nitrogen and oxygen atoms in total. The summed E-state index contributed by atoms with van der Waals surface area (Å²) in [5, 5.41) is 9.31. The topological polar surface area (TPSA) is 152 Å². The number of hydrogen-bond donors (Lipinski definition) is 1. The Labute approximate surface area is 402 Å². The van der Waals surface area contributed by atoms with E-state index >= 15 is 0 Å². The quantitative estimate of drug-likeness (QED) is 0.0758. The number of carbonyl (C=O) groups is 1. The number of pyridine rings is 2. The van der Waals surface area contributed by atoms with Crippen molar-refractivity contribution in [2.75, 3.05) is 5.73 Å². The normalized spacial score (nSPS) is 10.8. The Morgan fingerprint density at radius 1 is 0.672 bits per heavy atom. The van der Waals surface area contributed by atoms with Crippen LogP contribution in [0.1, 0.15) is 22.3 Å². The van der Waals surface area contributed by atoms with Crippen molar-refractivity contribution in [3.05, 3.63) is 177 Å². The Hall–Kier alpha value is -7.00. The maximum absolute atomic E-state index is 13.0. The lowest BCUT2D eigenvalue weighted by molar-refractivity contribution is -0.137. The summed E-state index contributed by atoms with van der Waals surface area (Å²) in [4.78, 5) is 34.3. The van der Waals surface area contributed by atoms with Crippen LogP contribution in [0, 0.1) is 6.92 Å². The van der Waals surface area contributed by atoms with Gasteiger partial charge in [0, 0.05) is 85.7 Å². The molecule has 0 saturated carbocycles. The Morgan fingerprint density at radius 2 is 1.16 bits per heavy atom. The fraction of sp³-hybridized carbons (Fsp3) is 0.125. The molecule has 0 aliphatic rings. The standard InChI is InChI=1S/C25H18Cl2F3N3O2.C15H13ClN4O.C8H6ClNO/c1-33-14-17(12-32-33)23-11-24(22(27)13-31-23)35-19-5-2-15(3-6-19)8-18(34)9-16-4-7-21(26)20(10-16)25(28,29)30;1-20-9-10(7-19-20)14-6-15(13(16)8-18-14)21-12-4-2-11(17)3-5-12;1-6-4-7(10-5-11)2-3-8(6)9/h2-7,10-14H,8-9H2,1H3;2-9H,17H2,1H3;2-4H,1H3. The minimum atomic E-state index is -4.58. The van der Waals surface area contributed by atoms with Crippen LogP contribution in [0.4, 0.5) is 24.5 Å². The van der Waals surface area contributed by atoms with Crippen molar-refractivity contribution >= 4 is 69.6 Å². The Bertz CT molecular complexity index is 3050. The third kappa shape index (κ3) is 14.2. The lowest BCUT2D eigenvalue weighted by Gasteiger charge is -2.11. The molecule has 8 aromatic rings. The van der Waals surface area contributed by atoms with Gasteiger partial charge in [0.1, 0.15) is 38.8 Å². The molecule has 0 amide bonds. The highest BCUT2D eigenvalue weighted by Gasteiger charge is 2.33. The Balaban J connectivity index is 0.000000194. The van der Waals surface area contributed by atoms with Gasteiger partial charge in [0.15, 0.2) is 0 Å². The highest BCUT2D eigenvalue weighted by molar-refractivity contribution is 6.32. The zero-order chi connectivity index (χ0) is 48.3. The van der Waals surface area contributed by atoms with Gasteiger partial charge in [0.25, 0.3) is 0 Å². The van der Waals surface area contributed by atoms with Crippen LogP contribution in [0.15, 0.2) is 139 Å². The lowest BCUT2D eigenvalue weighted by atomic mass is 10.0. The average molecular weight is 989 g/mol. The van der Waals surface area contributed by atoms with Crippen molar-refractivity contribution in [1.29, 1.82) is 0 Å². The van der Waals surface area contributed by atoms with E-state index in [0.29, 0.717) is 60.7 Å². The number of isocyanates is 1. The van der Waals surface area contributed by atoms with Crippen molar-refractivity contribution in [1.82, 2.24) is 29.5 Å². The van der Waals surface area contributed by atoms with Crippen LogP contribution in [-0.4, -0.2) is 41.4 Å². The number of benzene rings is 4. The van der Waals surface area contributed by atoms with Gasteiger partial charge in [0.2, 0.25) is 6.08 Å². The number of ketones is 1. The molecule has 8 rings (SSSR count). The first-order valence-corrected chi connectivity index (χ1v) is 21.3. The first-order valence-electron chi connectivity index (χ1n) is 19.7. The maximum atomic E-state index is 13.0. The number of rotatable bonds is 11. The van der Waals surface area contributed by atoms with Gasteiger partial charge in [-0.3, -0.25) is 24.1 Å². The molecule has 0 unspecified atom stereocenters. The van der Waals surface area contributed by atoms with Crippen molar-refractivity contribution in [3.63, 3.8) is 0 Å². The molecule has 0 spiro atoms. The molecule has 0 aliphatic carbocycles. The summed E-state index contributed by atoms with van der Waals surface area (Å²) in [7, 11) is 3.66. The third-order valence-corrected chi connectivity index (χ3v) is 10.7. The third-order valence-electron chi connectivity index (χ3n) is 9.36. The zero-order valence-electron chi connectivity index (χ0n) is 35.6. The van der Waals surface area contributed by atoms with Crippen molar-refractivity contribution in [2.24, 2.45) is 19.1 Å². The number of aryl methyl sites for hydroxylation is 3. The number of halogens is 7. The second-order valence-electron chi connectivity index (χ2n) is 14.6. The van der Waals surface area contributed by atoms with Gasteiger partial charge in [-0.05, 0) is 90.3 Å². The van der Waals surface area contributed by atoms with E-state index in [0.717, 1.165) is 34.5 Å². The van der Waals surface area contributed by atoms with E-state index in [4.69, 9.17) is 61.6 Å².